The molecule has 2 nitrogen and oxygen atoms in total. The second kappa shape index (κ2) is 4.64. The van der Waals surface area contributed by atoms with Crippen molar-refractivity contribution in [2.24, 2.45) is 0 Å². The second-order valence-corrected chi connectivity index (χ2v) is 6.26. The molecule has 0 fully saturated rings. The molecule has 9 heavy (non-hydrogen) atoms. The highest BCUT2D eigenvalue weighted by atomic mass is 35.7. The van der Waals surface area contributed by atoms with Gasteiger partial charge in [0.05, 0.1) is 6.61 Å². The summed E-state index contributed by atoms with van der Waals surface area (Å²) < 4.78 is 4.72. The molecule has 0 amide bonds. The molecule has 0 rings (SSSR count). The van der Waals surface area contributed by atoms with Gasteiger partial charge in [-0.25, -0.2) is 0 Å². The molecule has 0 heterocycles. The van der Waals surface area contributed by atoms with E-state index in [2.05, 4.69) is 11.8 Å². The molecule has 0 aromatic heterocycles. The van der Waals surface area contributed by atoms with E-state index in [-0.39, 0.29) is 0 Å². The Hall–Kier alpha value is 0.860. The Morgan fingerprint density at radius 1 is 1.78 bits per heavy atom. The van der Waals surface area contributed by atoms with Crippen LogP contribution in [0.25, 0.3) is 0 Å². The number of unbranched alkanes of at least 4 members (excludes halogenated alkanes) is 1. The summed E-state index contributed by atoms with van der Waals surface area (Å²) in [5, 5.41) is 0. The fraction of sp³-hybridized carbons (Fsp3) is 1.00. The van der Waals surface area contributed by atoms with E-state index in [1.54, 1.807) is 0 Å². The lowest BCUT2D eigenvalue weighted by Crippen LogP contribution is -1.86. The largest absolute Gasteiger partial charge is 0.334 e. The van der Waals surface area contributed by atoms with E-state index in [9.17, 15) is 0 Å². The van der Waals surface area contributed by atoms with Gasteiger partial charge in [0, 0.05) is 0 Å². The lowest BCUT2D eigenvalue weighted by Gasteiger charge is -2.05. The van der Waals surface area contributed by atoms with Crippen molar-refractivity contribution in [3.8, 4) is 0 Å². The standard InChI is InChI=1S/C4H10ClO2PS/c1-2-3-4-7-8(5,6)9/h2-4H2,1H3,(H,6,9). The van der Waals surface area contributed by atoms with Crippen molar-refractivity contribution in [3.63, 3.8) is 0 Å². The summed E-state index contributed by atoms with van der Waals surface area (Å²) >= 11 is 9.64. The minimum absolute atomic E-state index is 0.466. The van der Waals surface area contributed by atoms with Crippen molar-refractivity contribution in [1.29, 1.82) is 0 Å². The maximum Gasteiger partial charge on any atom is 0.279 e. The van der Waals surface area contributed by atoms with E-state index < -0.39 is 5.84 Å². The Kier molecular flexibility index (Phi) is 5.08. The first-order chi connectivity index (χ1) is 4.06. The smallest absolute Gasteiger partial charge is 0.279 e. The molecule has 1 atom stereocenters. The van der Waals surface area contributed by atoms with Crippen molar-refractivity contribution < 1.29 is 9.42 Å². The summed E-state index contributed by atoms with van der Waals surface area (Å²) in [6.07, 6.45) is 1.91. The number of rotatable bonds is 4. The summed E-state index contributed by atoms with van der Waals surface area (Å²) in [6, 6.07) is 0. The van der Waals surface area contributed by atoms with Gasteiger partial charge in [-0.05, 0) is 29.5 Å². The Labute approximate surface area is 65.1 Å². The molecule has 1 unspecified atom stereocenters. The van der Waals surface area contributed by atoms with Gasteiger partial charge in [0.15, 0.2) is 0 Å². The van der Waals surface area contributed by atoms with Gasteiger partial charge in [0.25, 0.3) is 5.84 Å². The monoisotopic (exact) mass is 188 g/mol. The van der Waals surface area contributed by atoms with E-state index >= 15 is 0 Å². The quantitative estimate of drug-likeness (QED) is 0.542. The molecule has 0 spiro atoms. The molecule has 0 aliphatic heterocycles. The molecular formula is C4H10ClO2PS. The van der Waals surface area contributed by atoms with Crippen LogP contribution in [0.3, 0.4) is 0 Å². The summed E-state index contributed by atoms with van der Waals surface area (Å²) in [6.45, 7) is 2.49. The third-order valence-corrected chi connectivity index (χ3v) is 1.86. The van der Waals surface area contributed by atoms with Crippen LogP contribution >= 0.6 is 17.1 Å². The Morgan fingerprint density at radius 2 is 2.33 bits per heavy atom. The molecular weight excluding hydrogens is 179 g/mol. The Balaban J connectivity index is 3.18. The molecule has 0 aliphatic carbocycles. The van der Waals surface area contributed by atoms with Gasteiger partial charge < -0.3 is 9.42 Å². The van der Waals surface area contributed by atoms with Crippen molar-refractivity contribution in [1.82, 2.24) is 0 Å². The summed E-state index contributed by atoms with van der Waals surface area (Å²) in [7, 11) is 0. The number of hydrogen-bond donors (Lipinski definition) is 1. The topological polar surface area (TPSA) is 29.5 Å². The normalized spacial score (nSPS) is 17.2. The van der Waals surface area contributed by atoms with Gasteiger partial charge in [-0.15, -0.1) is 0 Å². The molecule has 0 saturated carbocycles. The van der Waals surface area contributed by atoms with Crippen LogP contribution in [-0.4, -0.2) is 11.5 Å². The third kappa shape index (κ3) is 8.86. The molecule has 0 aliphatic rings. The first kappa shape index (κ1) is 9.86. The van der Waals surface area contributed by atoms with Crippen molar-refractivity contribution in [2.45, 2.75) is 19.8 Å². The van der Waals surface area contributed by atoms with E-state index in [1.807, 2.05) is 6.92 Å². The highest BCUT2D eigenvalue weighted by molar-refractivity contribution is 8.21. The molecule has 0 bridgehead atoms. The summed E-state index contributed by atoms with van der Waals surface area (Å²) in [5.41, 5.74) is 0. The Morgan fingerprint density at radius 3 is 2.67 bits per heavy atom. The van der Waals surface area contributed by atoms with Crippen molar-refractivity contribution in [3.05, 3.63) is 0 Å². The van der Waals surface area contributed by atoms with Crippen molar-refractivity contribution >= 4 is 28.9 Å². The molecule has 1 N–H and O–H groups in total. The van der Waals surface area contributed by atoms with Gasteiger partial charge in [0.1, 0.15) is 0 Å². The fourth-order valence-corrected chi connectivity index (χ4v) is 1.11. The summed E-state index contributed by atoms with van der Waals surface area (Å²) in [4.78, 5) is 8.71. The highest BCUT2D eigenvalue weighted by Gasteiger charge is 2.05. The van der Waals surface area contributed by atoms with Crippen LogP contribution < -0.4 is 0 Å². The Bertz CT molecular complexity index is 113. The van der Waals surface area contributed by atoms with E-state index in [0.29, 0.717) is 6.61 Å². The van der Waals surface area contributed by atoms with Crippen LogP contribution in [0.5, 0.6) is 0 Å². The van der Waals surface area contributed by atoms with Crippen LogP contribution in [0.15, 0.2) is 0 Å². The first-order valence-corrected chi connectivity index (χ1v) is 6.31. The van der Waals surface area contributed by atoms with Crippen LogP contribution in [0.1, 0.15) is 19.8 Å². The zero-order chi connectivity index (χ0) is 7.33. The van der Waals surface area contributed by atoms with Gasteiger partial charge in [0.2, 0.25) is 0 Å². The van der Waals surface area contributed by atoms with Crippen LogP contribution in [0.2, 0.25) is 0 Å². The molecule has 0 radical (unpaired) electrons. The van der Waals surface area contributed by atoms with Crippen LogP contribution in [-0.2, 0) is 16.3 Å². The molecule has 0 aromatic carbocycles. The van der Waals surface area contributed by atoms with Gasteiger partial charge in [-0.1, -0.05) is 13.3 Å². The van der Waals surface area contributed by atoms with Crippen molar-refractivity contribution in [2.75, 3.05) is 6.61 Å². The van der Waals surface area contributed by atoms with Crippen LogP contribution in [0, 0.1) is 0 Å². The highest BCUT2D eigenvalue weighted by Crippen LogP contribution is 2.47. The minimum atomic E-state index is -2.89. The van der Waals surface area contributed by atoms with E-state index in [4.69, 9.17) is 20.7 Å². The number of halogens is 1. The maximum atomic E-state index is 8.71. The lowest BCUT2D eigenvalue weighted by atomic mass is 10.4. The lowest BCUT2D eigenvalue weighted by molar-refractivity contribution is 0.311. The SMILES string of the molecule is CCCCOP(O)(=S)Cl. The maximum absolute atomic E-state index is 8.71. The fourth-order valence-electron chi connectivity index (χ4n) is 0.321. The van der Waals surface area contributed by atoms with Gasteiger partial charge in [-0.3, -0.25) is 0 Å². The second-order valence-electron chi connectivity index (χ2n) is 1.64. The molecule has 0 aromatic rings. The minimum Gasteiger partial charge on any atom is -0.334 e. The van der Waals surface area contributed by atoms with Gasteiger partial charge >= 0.3 is 0 Å². The predicted molar refractivity (Wildman–Crippen MR) is 43.2 cm³/mol. The van der Waals surface area contributed by atoms with E-state index in [0.717, 1.165) is 12.8 Å². The average Bonchev–Trinajstić information content (AvgIpc) is 1.63. The molecule has 5 heteroatoms. The first-order valence-electron chi connectivity index (χ1n) is 2.73. The third-order valence-electron chi connectivity index (χ3n) is 0.748. The average molecular weight is 189 g/mol. The molecule has 0 saturated heterocycles. The summed E-state index contributed by atoms with van der Waals surface area (Å²) in [5.74, 6) is -2.89. The van der Waals surface area contributed by atoms with E-state index in [1.165, 1.54) is 0 Å². The molecule has 56 valence electrons. The van der Waals surface area contributed by atoms with Gasteiger partial charge in [-0.2, -0.15) is 0 Å². The number of hydrogen-bond acceptors (Lipinski definition) is 2. The zero-order valence-electron chi connectivity index (χ0n) is 5.21. The van der Waals surface area contributed by atoms with Crippen LogP contribution in [0.4, 0.5) is 0 Å². The zero-order valence-corrected chi connectivity index (χ0v) is 7.68. The predicted octanol–water partition coefficient (Wildman–Crippen LogP) is 2.26.